The van der Waals surface area contributed by atoms with Gasteiger partial charge in [-0.3, -0.25) is 11.4 Å². The first-order chi connectivity index (χ1) is 11.6. The molecule has 1 aliphatic rings. The van der Waals surface area contributed by atoms with Gasteiger partial charge in [-0.1, -0.05) is 0 Å². The van der Waals surface area contributed by atoms with Crippen LogP contribution < -0.4 is 0 Å². The van der Waals surface area contributed by atoms with E-state index < -0.39 is 43.4 Å². The zero-order valence-electron chi connectivity index (χ0n) is 14.5. The number of hydrogen-bond acceptors (Lipinski definition) is 5. The molecule has 2 rings (SSSR count). The Bertz CT molecular complexity index is 627. The second-order valence-electron chi connectivity index (χ2n) is 5.75. The Morgan fingerprint density at radius 1 is 1.46 bits per heavy atom. The van der Waals surface area contributed by atoms with Crippen LogP contribution in [0.5, 0.6) is 0 Å². The number of methoxy groups -OCH3 is 1. The van der Waals surface area contributed by atoms with Gasteiger partial charge in [0.1, 0.15) is 36.1 Å². The summed E-state index contributed by atoms with van der Waals surface area (Å²) in [4.78, 5) is 0. The van der Waals surface area contributed by atoms with Crippen molar-refractivity contribution in [2.45, 2.75) is 31.3 Å². The number of benzene rings is 1. The average molecular weight is 370 g/mol. The first kappa shape index (κ1) is 19.4. The van der Waals surface area contributed by atoms with E-state index in [-0.39, 0.29) is 17.7 Å². The SMILES string of the molecule is [2H]F.[CH2-]P(C)(=O)OC1[C@@H](COC)O[C@@H](c2cc(C)c(F)cc2F)[C@H]1O. The van der Waals surface area contributed by atoms with Crippen LogP contribution in [0.2, 0.25) is 0 Å². The highest BCUT2D eigenvalue weighted by Gasteiger charge is 2.47. The third-order valence-electron chi connectivity index (χ3n) is 3.59. The fourth-order valence-electron chi connectivity index (χ4n) is 2.58. The molecule has 1 aromatic carbocycles. The van der Waals surface area contributed by atoms with Crippen molar-refractivity contribution < 1.29 is 37.2 Å². The molecule has 5 atom stereocenters. The smallest absolute Gasteiger partial charge is 0.269 e. The molecule has 0 aromatic heterocycles. The predicted molar refractivity (Wildman–Crippen MR) is 82.9 cm³/mol. The monoisotopic (exact) mass is 370 g/mol. The molecule has 1 aromatic rings. The van der Waals surface area contributed by atoms with E-state index in [1.807, 2.05) is 0 Å². The lowest BCUT2D eigenvalue weighted by molar-refractivity contribution is -0.0300. The van der Waals surface area contributed by atoms with E-state index in [1.54, 1.807) is 0 Å². The van der Waals surface area contributed by atoms with E-state index in [1.165, 1.54) is 26.8 Å². The van der Waals surface area contributed by atoms with Crippen molar-refractivity contribution in [3.8, 4) is 0 Å². The highest BCUT2D eigenvalue weighted by Crippen LogP contribution is 2.47. The van der Waals surface area contributed by atoms with Gasteiger partial charge in [0.05, 0.1) is 14.0 Å². The summed E-state index contributed by atoms with van der Waals surface area (Å²) in [5, 5.41) is 10.4. The van der Waals surface area contributed by atoms with Crippen molar-refractivity contribution in [1.82, 2.24) is 0 Å². The minimum atomic E-state index is -3.16. The van der Waals surface area contributed by atoms with Gasteiger partial charge in [0, 0.05) is 18.7 Å². The fourth-order valence-corrected chi connectivity index (χ4v) is 3.35. The summed E-state index contributed by atoms with van der Waals surface area (Å²) < 4.78 is 68.2. The molecule has 2 unspecified atom stereocenters. The van der Waals surface area contributed by atoms with E-state index in [4.69, 9.17) is 18.7 Å². The standard InChI is InChI=1S/C15H20F2O5P.FH/c1-8-5-9(11(17)6-10(8)16)14-13(18)15(22-23(3,4)19)12(21-14)7-20-2;/h5-6,12-15,18H,3,7H2,1-2,4H3;1H/q-1;/t12-,13-,14+,15?,23?;/m1./s1/i/hD. The lowest BCUT2D eigenvalue weighted by Gasteiger charge is -2.26. The maximum Gasteiger partial charge on any atom is 0.269 e. The Labute approximate surface area is 140 Å². The van der Waals surface area contributed by atoms with Gasteiger partial charge in [0.15, 0.2) is 0 Å². The molecule has 24 heavy (non-hydrogen) atoms. The van der Waals surface area contributed by atoms with E-state index in [2.05, 4.69) is 8.12 Å². The number of halogens is 3. The van der Waals surface area contributed by atoms with E-state index >= 15 is 0 Å². The summed E-state index contributed by atoms with van der Waals surface area (Å²) in [5.41, 5.74) is 0.238. The predicted octanol–water partition coefficient (Wildman–Crippen LogP) is 2.96. The maximum absolute atomic E-state index is 14.1. The molecule has 138 valence electrons. The van der Waals surface area contributed by atoms with Gasteiger partial charge in [0.2, 0.25) is 0 Å². The van der Waals surface area contributed by atoms with E-state index in [0.717, 1.165) is 6.07 Å². The number of hydrogen-bond donors (Lipinski definition) is 1. The second-order valence-corrected chi connectivity index (χ2v) is 7.99. The van der Waals surface area contributed by atoms with Gasteiger partial charge in [-0.25, -0.2) is 8.78 Å². The first-order valence-corrected chi connectivity index (χ1v) is 9.28. The van der Waals surface area contributed by atoms with Crippen LogP contribution in [0.25, 0.3) is 0 Å². The van der Waals surface area contributed by atoms with Gasteiger partial charge in [0.25, 0.3) is 1.45 Å². The molecule has 0 bridgehead atoms. The number of rotatable bonds is 5. The normalized spacial score (nSPS) is 29.4. The van der Waals surface area contributed by atoms with Crippen LogP contribution in [0.4, 0.5) is 13.5 Å². The Morgan fingerprint density at radius 3 is 2.62 bits per heavy atom. The van der Waals surface area contributed by atoms with Crippen LogP contribution in [0.1, 0.15) is 17.2 Å². The third kappa shape index (κ3) is 4.58. The highest BCUT2D eigenvalue weighted by molar-refractivity contribution is 7.59. The third-order valence-corrected chi connectivity index (χ3v) is 4.28. The van der Waals surface area contributed by atoms with Gasteiger partial charge in [-0.2, -0.15) is 0 Å². The Kier molecular flexibility index (Phi) is 6.45. The number of aryl methyl sites for hydroxylation is 1. The number of ether oxygens (including phenoxy) is 2. The molecule has 0 radical (unpaired) electrons. The van der Waals surface area contributed by atoms with Gasteiger partial charge in [-0.15, -0.1) is 0 Å². The van der Waals surface area contributed by atoms with Crippen molar-refractivity contribution in [2.24, 2.45) is 0 Å². The summed E-state index contributed by atoms with van der Waals surface area (Å²) in [6.45, 7) is 6.25. The van der Waals surface area contributed by atoms with Crippen LogP contribution in [0.15, 0.2) is 12.1 Å². The molecular formula is C15H21F3O5P-. The zero-order chi connectivity index (χ0) is 19.4. The molecule has 1 heterocycles. The topological polar surface area (TPSA) is 65.0 Å². The van der Waals surface area contributed by atoms with Gasteiger partial charge in [-0.05, 0) is 25.2 Å². The van der Waals surface area contributed by atoms with Crippen molar-refractivity contribution >= 4 is 7.37 Å². The zero-order valence-corrected chi connectivity index (χ0v) is 14.4. The Morgan fingerprint density at radius 2 is 2.08 bits per heavy atom. The Balaban J connectivity index is 0.00000151. The van der Waals surface area contributed by atoms with Crippen molar-refractivity contribution in [1.29, 1.82) is 1.45 Å². The first-order valence-electron chi connectivity index (χ1n) is 7.40. The summed E-state index contributed by atoms with van der Waals surface area (Å²) in [6, 6.07) is 2.02. The molecular weight excluding hydrogens is 348 g/mol. The van der Waals surface area contributed by atoms with Crippen LogP contribution in [0, 0.1) is 25.2 Å². The summed E-state index contributed by atoms with van der Waals surface area (Å²) >= 11 is 0. The van der Waals surface area contributed by atoms with Crippen molar-refractivity contribution in [3.63, 3.8) is 0 Å². The van der Waals surface area contributed by atoms with Crippen molar-refractivity contribution in [3.05, 3.63) is 41.6 Å². The Hall–Kier alpha value is -0.920. The molecule has 1 saturated heterocycles. The number of aliphatic hydroxyl groups excluding tert-OH is 1. The van der Waals surface area contributed by atoms with Crippen molar-refractivity contribution in [2.75, 3.05) is 20.4 Å². The molecule has 0 amide bonds. The summed E-state index contributed by atoms with van der Waals surface area (Å²) in [7, 11) is -1.73. The van der Waals surface area contributed by atoms with Gasteiger partial charge < -0.3 is 23.7 Å². The fraction of sp³-hybridized carbons (Fsp3) is 0.533. The molecule has 1 fully saturated rings. The average Bonchev–Trinajstić information content (AvgIpc) is 2.81. The molecule has 5 nitrogen and oxygen atoms in total. The lowest BCUT2D eigenvalue weighted by atomic mass is 9.99. The molecule has 1 N–H and O–H groups in total. The van der Waals surface area contributed by atoms with Crippen LogP contribution in [0.3, 0.4) is 0 Å². The van der Waals surface area contributed by atoms with Crippen LogP contribution >= 0.6 is 7.37 Å². The summed E-state index contributed by atoms with van der Waals surface area (Å²) in [5.74, 6) is -1.51. The lowest BCUT2D eigenvalue weighted by Crippen LogP contribution is -2.35. The van der Waals surface area contributed by atoms with Crippen LogP contribution in [-0.2, 0) is 18.6 Å². The molecule has 0 spiro atoms. The quantitative estimate of drug-likeness (QED) is 0.638. The largest absolute Gasteiger partial charge is 0.387 e. The highest BCUT2D eigenvalue weighted by atomic mass is 31.2. The van der Waals surface area contributed by atoms with E-state index in [0.29, 0.717) is 0 Å². The minimum Gasteiger partial charge on any atom is -0.387 e. The second kappa shape index (κ2) is 7.97. The van der Waals surface area contributed by atoms with Crippen LogP contribution in [-0.4, -0.2) is 45.3 Å². The molecule has 0 aliphatic carbocycles. The van der Waals surface area contributed by atoms with Gasteiger partial charge >= 0.3 is 0 Å². The molecule has 0 saturated carbocycles. The summed E-state index contributed by atoms with van der Waals surface area (Å²) in [6.07, 6.45) is -4.10. The molecule has 1 aliphatic heterocycles. The maximum atomic E-state index is 14.1. The molecule has 9 heteroatoms. The number of aliphatic hydroxyl groups is 1. The minimum absolute atomic E-state index is 0.0126. The van der Waals surface area contributed by atoms with E-state index in [9.17, 15) is 18.5 Å².